The second kappa shape index (κ2) is 9.32. The van der Waals surface area contributed by atoms with Crippen LogP contribution in [0, 0.1) is 25.2 Å². The number of allylic oxidation sites excluding steroid dienone is 1. The van der Waals surface area contributed by atoms with Gasteiger partial charge in [0.25, 0.3) is 0 Å². The minimum Gasteiger partial charge on any atom is -0.436 e. The highest BCUT2D eigenvalue weighted by molar-refractivity contribution is 6.00. The Balaban J connectivity index is 1.67. The number of fused-ring (bicyclic) bond motifs is 1. The molecule has 4 nitrogen and oxygen atoms in total. The van der Waals surface area contributed by atoms with Crippen molar-refractivity contribution in [3.05, 3.63) is 114 Å². The zero-order valence-corrected chi connectivity index (χ0v) is 19.8. The van der Waals surface area contributed by atoms with Crippen molar-refractivity contribution in [1.29, 1.82) is 5.26 Å². The van der Waals surface area contributed by atoms with Gasteiger partial charge in [0.1, 0.15) is 17.4 Å². The van der Waals surface area contributed by atoms with Crippen LogP contribution in [0.4, 0.5) is 5.88 Å². The number of aromatic nitrogens is 1. The number of furan rings is 1. The zero-order chi connectivity index (χ0) is 24.4. The molecule has 0 amide bonds. The summed E-state index contributed by atoms with van der Waals surface area (Å²) >= 11 is 0. The van der Waals surface area contributed by atoms with Crippen LogP contribution in [-0.2, 0) is 6.54 Å². The molecule has 0 saturated carbocycles. The van der Waals surface area contributed by atoms with Crippen LogP contribution in [0.15, 0.2) is 101 Å². The fraction of sp³-hybridized carbons (Fsp3) is 0.0968. The predicted octanol–water partition coefficient (Wildman–Crippen LogP) is 7.99. The summed E-state index contributed by atoms with van der Waals surface area (Å²) in [6, 6.07) is 26.8. The van der Waals surface area contributed by atoms with E-state index in [0.717, 1.165) is 44.3 Å². The number of aliphatic imine (C=N–C) groups is 1. The summed E-state index contributed by atoms with van der Waals surface area (Å²) < 4.78 is 8.42. The third-order valence-electron chi connectivity index (χ3n) is 6.12. The van der Waals surface area contributed by atoms with E-state index in [9.17, 15) is 5.26 Å². The lowest BCUT2D eigenvalue weighted by Gasteiger charge is -2.05. The highest BCUT2D eigenvalue weighted by Crippen LogP contribution is 2.42. The highest BCUT2D eigenvalue weighted by atomic mass is 16.4. The lowest BCUT2D eigenvalue weighted by molar-refractivity contribution is 0.593. The first-order valence-corrected chi connectivity index (χ1v) is 11.5. The molecule has 0 aliphatic carbocycles. The zero-order valence-electron chi connectivity index (χ0n) is 19.8. The quantitative estimate of drug-likeness (QED) is 0.192. The number of nitrogens with zero attached hydrogens (tertiary/aromatic N) is 3. The van der Waals surface area contributed by atoms with Gasteiger partial charge in [0.15, 0.2) is 0 Å². The van der Waals surface area contributed by atoms with E-state index in [1.807, 2.05) is 86.8 Å². The van der Waals surface area contributed by atoms with Gasteiger partial charge < -0.3 is 8.98 Å². The third-order valence-corrected chi connectivity index (χ3v) is 6.12. The Bertz CT molecular complexity index is 1590. The minimum absolute atomic E-state index is 0.305. The van der Waals surface area contributed by atoms with Crippen molar-refractivity contribution in [3.63, 3.8) is 0 Å². The van der Waals surface area contributed by atoms with Crippen LogP contribution in [0.2, 0.25) is 0 Å². The van der Waals surface area contributed by atoms with Gasteiger partial charge >= 0.3 is 0 Å². The summed E-state index contributed by atoms with van der Waals surface area (Å²) in [6.07, 6.45) is 5.70. The lowest BCUT2D eigenvalue weighted by atomic mass is 9.97. The van der Waals surface area contributed by atoms with E-state index in [2.05, 4.69) is 34.3 Å². The number of benzene rings is 3. The van der Waals surface area contributed by atoms with Crippen molar-refractivity contribution in [2.45, 2.75) is 20.4 Å². The van der Waals surface area contributed by atoms with E-state index < -0.39 is 0 Å². The van der Waals surface area contributed by atoms with Crippen LogP contribution >= 0.6 is 0 Å². The number of hydrogen-bond donors (Lipinski definition) is 0. The van der Waals surface area contributed by atoms with Crippen LogP contribution in [0.1, 0.15) is 22.3 Å². The smallest absolute Gasteiger partial charge is 0.238 e. The maximum absolute atomic E-state index is 10.2. The largest absolute Gasteiger partial charge is 0.436 e. The first kappa shape index (κ1) is 22.2. The molecule has 0 saturated heterocycles. The number of para-hydroxylation sites is 1. The molecule has 0 atom stereocenters. The van der Waals surface area contributed by atoms with Crippen molar-refractivity contribution in [2.75, 3.05) is 0 Å². The number of hydrogen-bond acceptors (Lipinski definition) is 3. The van der Waals surface area contributed by atoms with Gasteiger partial charge in [-0.2, -0.15) is 5.26 Å². The SMILES string of the molecule is C=CCn1cc(C=Nc2oc(-c3ccc(C)cc3)c(-c3ccc(C)cc3)c2C#N)c2ccccc21. The molecule has 0 spiro atoms. The molecular formula is C31H25N3O. The van der Waals surface area contributed by atoms with Crippen LogP contribution in [0.3, 0.4) is 0 Å². The molecule has 0 N–H and O–H groups in total. The maximum Gasteiger partial charge on any atom is 0.238 e. The topological polar surface area (TPSA) is 54.2 Å². The van der Waals surface area contributed by atoms with E-state index >= 15 is 0 Å². The monoisotopic (exact) mass is 455 g/mol. The molecule has 0 fully saturated rings. The molecule has 5 rings (SSSR count). The maximum atomic E-state index is 10.2. The van der Waals surface area contributed by atoms with E-state index in [4.69, 9.17) is 4.42 Å². The first-order valence-electron chi connectivity index (χ1n) is 11.5. The van der Waals surface area contributed by atoms with E-state index in [1.54, 1.807) is 6.21 Å². The van der Waals surface area contributed by atoms with Gasteiger partial charge in [0.05, 0.1) is 0 Å². The second-order valence-electron chi connectivity index (χ2n) is 8.63. The molecule has 2 aromatic heterocycles. The molecule has 2 heterocycles. The number of rotatable bonds is 6. The van der Waals surface area contributed by atoms with Crippen molar-refractivity contribution in [3.8, 4) is 28.5 Å². The van der Waals surface area contributed by atoms with Gasteiger partial charge in [-0.05, 0) is 25.5 Å². The van der Waals surface area contributed by atoms with Crippen LogP contribution < -0.4 is 0 Å². The summed E-state index contributed by atoms with van der Waals surface area (Å²) in [5, 5.41) is 11.2. The van der Waals surface area contributed by atoms with Gasteiger partial charge in [-0.25, -0.2) is 4.99 Å². The summed E-state index contributed by atoms with van der Waals surface area (Å²) in [5.74, 6) is 0.950. The molecule has 0 bridgehead atoms. The van der Waals surface area contributed by atoms with Gasteiger partial charge in [-0.3, -0.25) is 0 Å². The Morgan fingerprint density at radius 3 is 2.26 bits per heavy atom. The van der Waals surface area contributed by atoms with Gasteiger partial charge in [-0.15, -0.1) is 6.58 Å². The Kier molecular flexibility index (Phi) is 5.91. The van der Waals surface area contributed by atoms with E-state index in [1.165, 1.54) is 0 Å². The van der Waals surface area contributed by atoms with Gasteiger partial charge in [0, 0.05) is 46.5 Å². The average molecular weight is 456 g/mol. The van der Waals surface area contributed by atoms with Gasteiger partial charge in [0.2, 0.25) is 5.88 Å². The fourth-order valence-corrected chi connectivity index (χ4v) is 4.31. The van der Waals surface area contributed by atoms with E-state index in [0.29, 0.717) is 23.8 Å². The Morgan fingerprint density at radius 1 is 0.943 bits per heavy atom. The normalized spacial score (nSPS) is 11.2. The van der Waals surface area contributed by atoms with Crippen molar-refractivity contribution >= 4 is 23.0 Å². The summed E-state index contributed by atoms with van der Waals surface area (Å²) in [6.45, 7) is 8.66. The molecule has 0 aliphatic heterocycles. The molecule has 0 aliphatic rings. The summed E-state index contributed by atoms with van der Waals surface area (Å²) in [5.41, 5.74) is 7.40. The van der Waals surface area contributed by atoms with Crippen molar-refractivity contribution in [2.24, 2.45) is 4.99 Å². The molecule has 170 valence electrons. The predicted molar refractivity (Wildman–Crippen MR) is 143 cm³/mol. The number of aryl methyl sites for hydroxylation is 2. The first-order chi connectivity index (χ1) is 17.1. The van der Waals surface area contributed by atoms with E-state index in [-0.39, 0.29) is 0 Å². The lowest BCUT2D eigenvalue weighted by Crippen LogP contribution is -1.91. The molecular weight excluding hydrogens is 430 g/mol. The summed E-state index contributed by atoms with van der Waals surface area (Å²) in [7, 11) is 0. The van der Waals surface area contributed by atoms with Crippen molar-refractivity contribution < 1.29 is 4.42 Å². The Hall–Kier alpha value is -4.62. The molecule has 3 aromatic carbocycles. The van der Waals surface area contributed by atoms with Crippen LogP contribution in [-0.4, -0.2) is 10.8 Å². The standard InChI is InChI=1S/C31H25N3O/c1-4-17-34-20-25(26-7-5-6-8-28(26)34)19-33-31-27(18-32)29(23-13-9-21(2)10-14-23)30(35-31)24-15-11-22(3)12-16-24/h4-16,19-20H,1,17H2,2-3H3. The van der Waals surface area contributed by atoms with Crippen LogP contribution in [0.5, 0.6) is 0 Å². The van der Waals surface area contributed by atoms with Crippen molar-refractivity contribution in [1.82, 2.24) is 4.57 Å². The second-order valence-corrected chi connectivity index (χ2v) is 8.63. The Morgan fingerprint density at radius 2 is 1.60 bits per heavy atom. The molecule has 4 heteroatoms. The highest BCUT2D eigenvalue weighted by Gasteiger charge is 2.23. The minimum atomic E-state index is 0.305. The average Bonchev–Trinajstić information content (AvgIpc) is 3.42. The molecule has 0 radical (unpaired) electrons. The van der Waals surface area contributed by atoms with Crippen LogP contribution in [0.25, 0.3) is 33.4 Å². The Labute approximate surface area is 205 Å². The molecule has 35 heavy (non-hydrogen) atoms. The molecule has 0 unspecified atom stereocenters. The van der Waals surface area contributed by atoms with Gasteiger partial charge in [-0.1, -0.05) is 83.9 Å². The molecule has 5 aromatic rings. The summed E-state index contributed by atoms with van der Waals surface area (Å²) in [4.78, 5) is 4.68. The fourth-order valence-electron chi connectivity index (χ4n) is 4.31. The third kappa shape index (κ3) is 4.20. The number of nitriles is 1.